The summed E-state index contributed by atoms with van der Waals surface area (Å²) in [5.74, 6) is 0.896. The molecule has 0 atom stereocenters. The molecule has 0 unspecified atom stereocenters. The first kappa shape index (κ1) is 14.2. The molecule has 1 fully saturated rings. The molecule has 0 spiro atoms. The lowest BCUT2D eigenvalue weighted by Gasteiger charge is -2.27. The van der Waals surface area contributed by atoms with Crippen molar-refractivity contribution in [1.82, 2.24) is 14.8 Å². The zero-order valence-corrected chi connectivity index (χ0v) is 12.1. The fraction of sp³-hybridized carbons (Fsp3) is 0.786. The van der Waals surface area contributed by atoms with Crippen LogP contribution in [0, 0.1) is 0 Å². The number of Topliss-reactive ketones (excluding diaryl/α,β-unsaturated/α-hetero) is 1. The molecule has 0 aromatic carbocycles. The zero-order valence-electron chi connectivity index (χ0n) is 12.1. The van der Waals surface area contributed by atoms with Crippen LogP contribution in [0.2, 0.25) is 0 Å². The number of ether oxygens (including phenoxy) is 1. The van der Waals surface area contributed by atoms with E-state index in [0.29, 0.717) is 13.0 Å². The van der Waals surface area contributed by atoms with E-state index in [0.717, 1.165) is 31.5 Å². The Kier molecular flexibility index (Phi) is 4.34. The van der Waals surface area contributed by atoms with Crippen molar-refractivity contribution in [2.45, 2.75) is 64.5 Å². The predicted octanol–water partition coefficient (Wildman–Crippen LogP) is 2.32. The lowest BCUT2D eigenvalue weighted by Crippen LogP contribution is -2.40. The topological polar surface area (TPSA) is 57.0 Å². The van der Waals surface area contributed by atoms with Crippen molar-refractivity contribution >= 4 is 5.78 Å². The maximum atomic E-state index is 12.6. The molecule has 5 nitrogen and oxygen atoms in total. The van der Waals surface area contributed by atoms with Gasteiger partial charge >= 0.3 is 0 Å². The van der Waals surface area contributed by atoms with E-state index < -0.39 is 5.60 Å². The molecule has 0 amide bonds. The summed E-state index contributed by atoms with van der Waals surface area (Å²) >= 11 is 0. The van der Waals surface area contributed by atoms with E-state index >= 15 is 0 Å². The highest BCUT2D eigenvalue weighted by Gasteiger charge is 2.41. The molecule has 1 heterocycles. The van der Waals surface area contributed by atoms with Crippen LogP contribution in [0.1, 0.15) is 58.3 Å². The smallest absolute Gasteiger partial charge is 0.172 e. The Morgan fingerprint density at radius 1 is 1.47 bits per heavy atom. The van der Waals surface area contributed by atoms with Gasteiger partial charge < -0.3 is 4.74 Å². The van der Waals surface area contributed by atoms with Gasteiger partial charge in [-0.1, -0.05) is 0 Å². The third-order valence-electron chi connectivity index (χ3n) is 3.80. The number of aromatic nitrogens is 3. The monoisotopic (exact) mass is 265 g/mol. The van der Waals surface area contributed by atoms with Crippen molar-refractivity contribution in [2.24, 2.45) is 0 Å². The molecule has 0 aliphatic heterocycles. The second kappa shape index (κ2) is 5.82. The van der Waals surface area contributed by atoms with Gasteiger partial charge in [0.05, 0.1) is 6.42 Å². The molecular formula is C14H23N3O2. The normalized spacial score (nSPS) is 18.1. The van der Waals surface area contributed by atoms with Crippen molar-refractivity contribution in [1.29, 1.82) is 0 Å². The van der Waals surface area contributed by atoms with Crippen molar-refractivity contribution < 1.29 is 9.53 Å². The largest absolute Gasteiger partial charge is 0.367 e. The molecular weight excluding hydrogens is 242 g/mol. The second-order valence-corrected chi connectivity index (χ2v) is 5.45. The van der Waals surface area contributed by atoms with Gasteiger partial charge in [0.1, 0.15) is 17.8 Å². The van der Waals surface area contributed by atoms with E-state index in [4.69, 9.17) is 4.74 Å². The molecule has 0 bridgehead atoms. The van der Waals surface area contributed by atoms with Gasteiger partial charge in [0.15, 0.2) is 5.78 Å². The molecule has 19 heavy (non-hydrogen) atoms. The minimum absolute atomic E-state index is 0.154. The molecule has 1 saturated carbocycles. The molecule has 2 rings (SSSR count). The Bertz CT molecular complexity index is 434. The minimum Gasteiger partial charge on any atom is -0.367 e. The molecule has 1 aromatic heterocycles. The van der Waals surface area contributed by atoms with Crippen LogP contribution in [0.4, 0.5) is 0 Å². The lowest BCUT2D eigenvalue weighted by atomic mass is 9.93. The van der Waals surface area contributed by atoms with Gasteiger partial charge in [-0.2, -0.15) is 5.10 Å². The molecule has 0 N–H and O–H groups in total. The van der Waals surface area contributed by atoms with Crippen LogP contribution in [0.25, 0.3) is 0 Å². The highest BCUT2D eigenvalue weighted by molar-refractivity contribution is 5.89. The standard InChI is InChI=1S/C14H23N3O2/c1-4-19-14(7-5-6-8-14)12(18)9-13-15-10-16-17(13)11(2)3/h10-11H,4-9H2,1-3H3. The van der Waals surface area contributed by atoms with Crippen molar-refractivity contribution in [3.63, 3.8) is 0 Å². The summed E-state index contributed by atoms with van der Waals surface area (Å²) in [7, 11) is 0. The van der Waals surface area contributed by atoms with Crippen LogP contribution in [-0.2, 0) is 16.0 Å². The lowest BCUT2D eigenvalue weighted by molar-refractivity contribution is -0.143. The van der Waals surface area contributed by atoms with E-state index in [9.17, 15) is 4.79 Å². The first-order valence-electron chi connectivity index (χ1n) is 7.14. The molecule has 5 heteroatoms. The fourth-order valence-electron chi connectivity index (χ4n) is 2.86. The summed E-state index contributed by atoms with van der Waals surface area (Å²) in [6.07, 6.45) is 5.67. The van der Waals surface area contributed by atoms with Gasteiger partial charge in [-0.15, -0.1) is 0 Å². The Labute approximate surface area is 114 Å². The minimum atomic E-state index is -0.567. The van der Waals surface area contributed by atoms with Gasteiger partial charge in [-0.3, -0.25) is 4.79 Å². The van der Waals surface area contributed by atoms with Crippen LogP contribution in [0.15, 0.2) is 6.33 Å². The van der Waals surface area contributed by atoms with Gasteiger partial charge in [0.2, 0.25) is 0 Å². The zero-order chi connectivity index (χ0) is 13.9. The number of rotatable bonds is 6. The number of ketones is 1. The van der Waals surface area contributed by atoms with Gasteiger partial charge in [0, 0.05) is 12.6 Å². The van der Waals surface area contributed by atoms with Gasteiger partial charge in [-0.25, -0.2) is 9.67 Å². The summed E-state index contributed by atoms with van der Waals surface area (Å²) in [5.41, 5.74) is -0.567. The van der Waals surface area contributed by atoms with E-state index in [1.807, 2.05) is 25.5 Å². The molecule has 0 radical (unpaired) electrons. The Morgan fingerprint density at radius 3 is 2.74 bits per heavy atom. The number of nitrogens with zero attached hydrogens (tertiary/aromatic N) is 3. The van der Waals surface area contributed by atoms with E-state index in [1.165, 1.54) is 6.33 Å². The molecule has 106 valence electrons. The quantitative estimate of drug-likeness (QED) is 0.792. The average molecular weight is 265 g/mol. The van der Waals surface area contributed by atoms with Crippen LogP contribution in [0.3, 0.4) is 0 Å². The number of carbonyl (C=O) groups is 1. The fourth-order valence-corrected chi connectivity index (χ4v) is 2.86. The van der Waals surface area contributed by atoms with Crippen LogP contribution >= 0.6 is 0 Å². The molecule has 1 aliphatic carbocycles. The van der Waals surface area contributed by atoms with Gasteiger partial charge in [0.25, 0.3) is 0 Å². The third kappa shape index (κ3) is 2.86. The maximum absolute atomic E-state index is 12.6. The van der Waals surface area contributed by atoms with Crippen molar-refractivity contribution in [3.05, 3.63) is 12.2 Å². The summed E-state index contributed by atoms with van der Waals surface area (Å²) in [4.78, 5) is 16.8. The molecule has 1 aromatic rings. The van der Waals surface area contributed by atoms with E-state index in [-0.39, 0.29) is 11.8 Å². The second-order valence-electron chi connectivity index (χ2n) is 5.45. The van der Waals surface area contributed by atoms with Crippen LogP contribution in [0.5, 0.6) is 0 Å². The van der Waals surface area contributed by atoms with Crippen molar-refractivity contribution in [3.8, 4) is 0 Å². The van der Waals surface area contributed by atoms with Crippen molar-refractivity contribution in [2.75, 3.05) is 6.61 Å². The Morgan fingerprint density at radius 2 is 2.16 bits per heavy atom. The predicted molar refractivity (Wildman–Crippen MR) is 71.9 cm³/mol. The molecule has 1 aliphatic rings. The van der Waals surface area contributed by atoms with Crippen LogP contribution < -0.4 is 0 Å². The number of hydrogen-bond acceptors (Lipinski definition) is 4. The SMILES string of the molecule is CCOC1(C(=O)Cc2ncnn2C(C)C)CCCC1. The third-order valence-corrected chi connectivity index (χ3v) is 3.80. The number of carbonyl (C=O) groups excluding carboxylic acids is 1. The van der Waals surface area contributed by atoms with Gasteiger partial charge in [-0.05, 0) is 46.5 Å². The van der Waals surface area contributed by atoms with E-state index in [2.05, 4.69) is 10.1 Å². The van der Waals surface area contributed by atoms with Crippen LogP contribution in [-0.4, -0.2) is 32.8 Å². The average Bonchev–Trinajstić information content (AvgIpc) is 2.99. The Hall–Kier alpha value is -1.23. The van der Waals surface area contributed by atoms with E-state index in [1.54, 1.807) is 0 Å². The first-order valence-corrected chi connectivity index (χ1v) is 7.14. The highest BCUT2D eigenvalue weighted by atomic mass is 16.5. The molecule has 0 saturated heterocycles. The highest BCUT2D eigenvalue weighted by Crippen LogP contribution is 2.34. The maximum Gasteiger partial charge on any atom is 0.172 e. The summed E-state index contributed by atoms with van der Waals surface area (Å²) in [5, 5.41) is 4.18. The summed E-state index contributed by atoms with van der Waals surface area (Å²) in [6.45, 7) is 6.61. The Balaban J connectivity index is 2.13. The first-order chi connectivity index (χ1) is 9.09. The number of hydrogen-bond donors (Lipinski definition) is 0. The summed E-state index contributed by atoms with van der Waals surface area (Å²) in [6, 6.07) is 0.219. The summed E-state index contributed by atoms with van der Waals surface area (Å²) < 4.78 is 7.61.